The van der Waals surface area contributed by atoms with Crippen LogP contribution in [0, 0.1) is 18.6 Å². The first-order valence-corrected chi connectivity index (χ1v) is 9.66. The summed E-state index contributed by atoms with van der Waals surface area (Å²) in [7, 11) is 0. The van der Waals surface area contributed by atoms with Crippen LogP contribution in [-0.2, 0) is 22.6 Å². The Kier molecular flexibility index (Phi) is 6.27. The first-order chi connectivity index (χ1) is 13.8. The minimum atomic E-state index is -0.932. The number of nitrogens with zero attached hydrogens (tertiary/aromatic N) is 2. The zero-order chi connectivity index (χ0) is 21.1. The molecule has 1 aliphatic rings. The molecule has 2 aromatic carbocycles. The molecule has 0 saturated heterocycles. The van der Waals surface area contributed by atoms with E-state index in [4.69, 9.17) is 5.73 Å². The van der Waals surface area contributed by atoms with Crippen molar-refractivity contribution in [2.75, 3.05) is 18.0 Å². The maximum atomic E-state index is 13.5. The summed E-state index contributed by atoms with van der Waals surface area (Å²) in [6.07, 6.45) is 0.258. The van der Waals surface area contributed by atoms with Gasteiger partial charge >= 0.3 is 0 Å². The van der Waals surface area contributed by atoms with Gasteiger partial charge in [-0.1, -0.05) is 18.2 Å². The Morgan fingerprint density at radius 1 is 1.17 bits per heavy atom. The number of anilines is 1. The molecule has 0 aromatic heterocycles. The molecule has 1 aliphatic heterocycles. The van der Waals surface area contributed by atoms with Crippen molar-refractivity contribution in [2.24, 2.45) is 5.73 Å². The molecule has 154 valence electrons. The third-order valence-corrected chi connectivity index (χ3v) is 5.24. The highest BCUT2D eigenvalue weighted by molar-refractivity contribution is 5.98. The smallest absolute Gasteiger partial charge is 0.246 e. The van der Waals surface area contributed by atoms with E-state index < -0.39 is 17.7 Å². The van der Waals surface area contributed by atoms with Crippen LogP contribution in [0.3, 0.4) is 0 Å². The van der Waals surface area contributed by atoms with Gasteiger partial charge in [0.25, 0.3) is 0 Å². The van der Waals surface area contributed by atoms with E-state index in [1.54, 1.807) is 11.8 Å². The molecule has 1 atom stereocenters. The van der Waals surface area contributed by atoms with Crippen LogP contribution in [0.2, 0.25) is 0 Å². The number of aryl methyl sites for hydroxylation is 1. The van der Waals surface area contributed by atoms with Crippen LogP contribution in [0.25, 0.3) is 0 Å². The van der Waals surface area contributed by atoms with Gasteiger partial charge in [-0.2, -0.15) is 0 Å². The van der Waals surface area contributed by atoms with Crippen molar-refractivity contribution in [3.8, 4) is 0 Å². The number of carbonyl (C=O) groups excluding carboxylic acids is 2. The molecule has 0 spiro atoms. The second-order valence-corrected chi connectivity index (χ2v) is 7.38. The number of para-hydroxylation sites is 1. The van der Waals surface area contributed by atoms with Gasteiger partial charge < -0.3 is 15.5 Å². The monoisotopic (exact) mass is 401 g/mol. The van der Waals surface area contributed by atoms with Gasteiger partial charge in [0.1, 0.15) is 6.54 Å². The zero-order valence-electron chi connectivity index (χ0n) is 16.6. The van der Waals surface area contributed by atoms with Crippen molar-refractivity contribution >= 4 is 17.5 Å². The Bertz CT molecular complexity index is 932. The van der Waals surface area contributed by atoms with E-state index >= 15 is 0 Å². The van der Waals surface area contributed by atoms with Crippen molar-refractivity contribution in [3.05, 3.63) is 64.7 Å². The third kappa shape index (κ3) is 4.62. The van der Waals surface area contributed by atoms with Crippen LogP contribution < -0.4 is 10.6 Å². The standard InChI is InChI=1S/C22H25F2N3O2/c1-3-27-20-7-5-4-6-15(20)12-26(13-22(27)29)21(28)11-17(25)9-16-10-19(24)18(23)8-14(16)2/h4-8,10,17H,3,9,11-13,25H2,1-2H3. The maximum absolute atomic E-state index is 13.5. The van der Waals surface area contributed by atoms with E-state index in [-0.39, 0.29) is 31.2 Å². The van der Waals surface area contributed by atoms with Gasteiger partial charge in [-0.3, -0.25) is 9.59 Å². The topological polar surface area (TPSA) is 66.6 Å². The minimum Gasteiger partial charge on any atom is -0.329 e. The molecule has 0 aliphatic carbocycles. The molecule has 7 heteroatoms. The summed E-state index contributed by atoms with van der Waals surface area (Å²) in [6, 6.07) is 9.21. The number of carbonyl (C=O) groups is 2. The second kappa shape index (κ2) is 8.69. The highest BCUT2D eigenvalue weighted by Gasteiger charge is 2.28. The Hall–Kier alpha value is -2.80. The molecule has 0 radical (unpaired) electrons. The molecule has 0 fully saturated rings. The van der Waals surface area contributed by atoms with Crippen LogP contribution in [0.1, 0.15) is 30.0 Å². The fourth-order valence-corrected chi connectivity index (χ4v) is 3.69. The summed E-state index contributed by atoms with van der Waals surface area (Å²) >= 11 is 0. The summed E-state index contributed by atoms with van der Waals surface area (Å²) in [5.74, 6) is -2.22. The Labute approximate surface area is 169 Å². The van der Waals surface area contributed by atoms with Crippen LogP contribution in [0.15, 0.2) is 36.4 Å². The Morgan fingerprint density at radius 2 is 1.86 bits per heavy atom. The summed E-state index contributed by atoms with van der Waals surface area (Å²) in [5, 5.41) is 0. The zero-order valence-corrected chi connectivity index (χ0v) is 16.6. The maximum Gasteiger partial charge on any atom is 0.246 e. The predicted molar refractivity (Wildman–Crippen MR) is 107 cm³/mol. The van der Waals surface area contributed by atoms with Crippen molar-refractivity contribution in [1.29, 1.82) is 0 Å². The van der Waals surface area contributed by atoms with Crippen LogP contribution in [-0.4, -0.2) is 35.8 Å². The molecule has 2 N–H and O–H groups in total. The fraction of sp³-hybridized carbons (Fsp3) is 0.364. The molecule has 1 unspecified atom stereocenters. The van der Waals surface area contributed by atoms with Gasteiger partial charge in [-0.15, -0.1) is 0 Å². The summed E-state index contributed by atoms with van der Waals surface area (Å²) in [4.78, 5) is 28.7. The van der Waals surface area contributed by atoms with Gasteiger partial charge in [-0.25, -0.2) is 8.78 Å². The molecular weight excluding hydrogens is 376 g/mol. The quantitative estimate of drug-likeness (QED) is 0.838. The van der Waals surface area contributed by atoms with Gasteiger partial charge in [0.2, 0.25) is 11.8 Å². The number of amides is 2. The number of rotatable bonds is 5. The van der Waals surface area contributed by atoms with Gasteiger partial charge in [-0.05, 0) is 55.2 Å². The lowest BCUT2D eigenvalue weighted by Crippen LogP contribution is -2.42. The van der Waals surface area contributed by atoms with E-state index in [0.29, 0.717) is 24.2 Å². The lowest BCUT2D eigenvalue weighted by molar-refractivity contribution is -0.135. The van der Waals surface area contributed by atoms with Gasteiger partial charge in [0.15, 0.2) is 11.6 Å². The Balaban J connectivity index is 1.72. The number of hydrogen-bond acceptors (Lipinski definition) is 3. The SMILES string of the molecule is CCN1C(=O)CN(C(=O)CC(N)Cc2cc(F)c(F)cc2C)Cc2ccccc21. The van der Waals surface area contributed by atoms with E-state index in [0.717, 1.165) is 23.4 Å². The molecule has 0 saturated carbocycles. The first-order valence-electron chi connectivity index (χ1n) is 9.66. The summed E-state index contributed by atoms with van der Waals surface area (Å²) in [5.41, 5.74) is 9.01. The lowest BCUT2D eigenvalue weighted by Gasteiger charge is -2.23. The van der Waals surface area contributed by atoms with Crippen LogP contribution in [0.4, 0.5) is 14.5 Å². The van der Waals surface area contributed by atoms with Crippen molar-refractivity contribution in [2.45, 2.75) is 39.3 Å². The van der Waals surface area contributed by atoms with E-state index in [9.17, 15) is 18.4 Å². The number of fused-ring (bicyclic) bond motifs is 1. The molecular formula is C22H25F2N3O2. The number of halogens is 2. The average molecular weight is 401 g/mol. The molecule has 0 bridgehead atoms. The van der Waals surface area contributed by atoms with Crippen molar-refractivity contribution < 1.29 is 18.4 Å². The number of likely N-dealkylation sites (N-methyl/N-ethyl adjacent to an activating group) is 1. The number of benzene rings is 2. The highest BCUT2D eigenvalue weighted by Crippen LogP contribution is 2.26. The summed E-state index contributed by atoms with van der Waals surface area (Å²) < 4.78 is 26.8. The van der Waals surface area contributed by atoms with Gasteiger partial charge in [0, 0.05) is 31.2 Å². The van der Waals surface area contributed by atoms with E-state index in [1.807, 2.05) is 31.2 Å². The first kappa shape index (κ1) is 20.9. The summed E-state index contributed by atoms with van der Waals surface area (Å²) in [6.45, 7) is 4.40. The van der Waals surface area contributed by atoms with Crippen molar-refractivity contribution in [1.82, 2.24) is 4.90 Å². The normalized spacial score (nSPS) is 15.1. The number of nitrogens with two attached hydrogens (primary N) is 1. The van der Waals surface area contributed by atoms with Crippen LogP contribution >= 0.6 is 0 Å². The Morgan fingerprint density at radius 3 is 2.59 bits per heavy atom. The van der Waals surface area contributed by atoms with Gasteiger partial charge in [0.05, 0.1) is 0 Å². The molecule has 29 heavy (non-hydrogen) atoms. The third-order valence-electron chi connectivity index (χ3n) is 5.24. The molecule has 2 aromatic rings. The van der Waals surface area contributed by atoms with Crippen LogP contribution in [0.5, 0.6) is 0 Å². The fourth-order valence-electron chi connectivity index (χ4n) is 3.69. The molecule has 1 heterocycles. The highest BCUT2D eigenvalue weighted by atomic mass is 19.2. The second-order valence-electron chi connectivity index (χ2n) is 7.38. The number of hydrogen-bond donors (Lipinski definition) is 1. The van der Waals surface area contributed by atoms with E-state index in [2.05, 4.69) is 0 Å². The molecule has 2 amide bonds. The minimum absolute atomic E-state index is 0.0139. The molecule has 3 rings (SSSR count). The average Bonchev–Trinajstić information content (AvgIpc) is 2.81. The predicted octanol–water partition coefficient (Wildman–Crippen LogP) is 2.93. The molecule has 5 nitrogen and oxygen atoms in total. The largest absolute Gasteiger partial charge is 0.329 e. The van der Waals surface area contributed by atoms with Crippen molar-refractivity contribution in [3.63, 3.8) is 0 Å². The lowest BCUT2D eigenvalue weighted by atomic mass is 9.99. The van der Waals surface area contributed by atoms with E-state index in [1.165, 1.54) is 4.90 Å².